The first-order chi connectivity index (χ1) is 7.81. The van der Waals surface area contributed by atoms with Crippen molar-refractivity contribution in [1.82, 2.24) is 4.90 Å². The van der Waals surface area contributed by atoms with Gasteiger partial charge in [-0.2, -0.15) is 0 Å². The molecule has 0 aliphatic rings. The van der Waals surface area contributed by atoms with Gasteiger partial charge in [0.25, 0.3) is 0 Å². The summed E-state index contributed by atoms with van der Waals surface area (Å²) in [5, 5.41) is 1.04. The van der Waals surface area contributed by atoms with Crippen molar-refractivity contribution in [2.75, 3.05) is 25.0 Å². The summed E-state index contributed by atoms with van der Waals surface area (Å²) < 4.78 is 0. The van der Waals surface area contributed by atoms with Crippen molar-refractivity contribution < 1.29 is 0 Å². The highest BCUT2D eigenvalue weighted by molar-refractivity contribution is 9.09. The highest BCUT2D eigenvalue weighted by Crippen LogP contribution is 2.19. The van der Waals surface area contributed by atoms with Gasteiger partial charge in [0, 0.05) is 17.8 Å². The highest BCUT2D eigenvalue weighted by Gasteiger charge is 2.13. The Hall–Kier alpha value is -0.340. The van der Waals surface area contributed by atoms with Gasteiger partial charge in [-0.05, 0) is 25.1 Å². The van der Waals surface area contributed by atoms with E-state index in [0.717, 1.165) is 18.4 Å². The Morgan fingerprint density at radius 1 is 1.19 bits per heavy atom. The minimum absolute atomic E-state index is 0.604. The van der Waals surface area contributed by atoms with Crippen molar-refractivity contribution in [2.45, 2.75) is 26.2 Å². The SMILES string of the molecule is CCCN(CC)CC(CBr)c1ccccc1. The van der Waals surface area contributed by atoms with Crippen LogP contribution >= 0.6 is 15.9 Å². The van der Waals surface area contributed by atoms with Crippen LogP contribution in [0.2, 0.25) is 0 Å². The molecule has 1 aromatic carbocycles. The van der Waals surface area contributed by atoms with Gasteiger partial charge in [0.05, 0.1) is 0 Å². The van der Waals surface area contributed by atoms with E-state index in [9.17, 15) is 0 Å². The number of rotatable bonds is 7. The molecule has 0 radical (unpaired) electrons. The maximum absolute atomic E-state index is 3.63. The largest absolute Gasteiger partial charge is 0.303 e. The Kier molecular flexibility index (Phi) is 6.74. The molecule has 90 valence electrons. The molecule has 16 heavy (non-hydrogen) atoms. The average Bonchev–Trinajstić information content (AvgIpc) is 2.35. The third kappa shape index (κ3) is 4.26. The number of likely N-dealkylation sites (N-methyl/N-ethyl adjacent to an activating group) is 1. The number of hydrogen-bond acceptors (Lipinski definition) is 1. The molecule has 0 fully saturated rings. The van der Waals surface area contributed by atoms with Crippen molar-refractivity contribution >= 4 is 15.9 Å². The van der Waals surface area contributed by atoms with Crippen LogP contribution in [-0.2, 0) is 0 Å². The summed E-state index contributed by atoms with van der Waals surface area (Å²) in [7, 11) is 0. The van der Waals surface area contributed by atoms with Gasteiger partial charge in [0.2, 0.25) is 0 Å². The molecular weight excluding hydrogens is 262 g/mol. The molecule has 0 spiro atoms. The zero-order valence-electron chi connectivity index (χ0n) is 10.3. The first-order valence-electron chi connectivity index (χ1n) is 6.15. The van der Waals surface area contributed by atoms with E-state index in [2.05, 4.69) is 65.0 Å². The maximum atomic E-state index is 3.63. The van der Waals surface area contributed by atoms with Gasteiger partial charge in [-0.25, -0.2) is 0 Å². The van der Waals surface area contributed by atoms with Crippen LogP contribution in [0.3, 0.4) is 0 Å². The van der Waals surface area contributed by atoms with Crippen LogP contribution in [0.4, 0.5) is 0 Å². The Labute approximate surface area is 108 Å². The molecule has 1 nitrogen and oxygen atoms in total. The molecule has 1 aromatic rings. The van der Waals surface area contributed by atoms with Crippen molar-refractivity contribution in [3.8, 4) is 0 Å². The maximum Gasteiger partial charge on any atom is 0.0112 e. The number of halogens is 1. The van der Waals surface area contributed by atoms with Gasteiger partial charge in [-0.15, -0.1) is 0 Å². The summed E-state index contributed by atoms with van der Waals surface area (Å²) in [5.41, 5.74) is 1.44. The van der Waals surface area contributed by atoms with Gasteiger partial charge in [0.15, 0.2) is 0 Å². The van der Waals surface area contributed by atoms with Crippen LogP contribution < -0.4 is 0 Å². The molecule has 0 saturated heterocycles. The first-order valence-corrected chi connectivity index (χ1v) is 7.27. The minimum Gasteiger partial charge on any atom is -0.303 e. The normalized spacial score (nSPS) is 13.0. The molecule has 1 rings (SSSR count). The van der Waals surface area contributed by atoms with Gasteiger partial charge in [0.1, 0.15) is 0 Å². The van der Waals surface area contributed by atoms with E-state index in [4.69, 9.17) is 0 Å². The minimum atomic E-state index is 0.604. The summed E-state index contributed by atoms with van der Waals surface area (Å²) in [6, 6.07) is 10.8. The lowest BCUT2D eigenvalue weighted by Gasteiger charge is -2.25. The van der Waals surface area contributed by atoms with Gasteiger partial charge in [-0.3, -0.25) is 0 Å². The number of benzene rings is 1. The monoisotopic (exact) mass is 283 g/mol. The number of hydrogen-bond donors (Lipinski definition) is 0. The second-order valence-corrected chi connectivity index (χ2v) is 4.80. The van der Waals surface area contributed by atoms with Gasteiger partial charge in [-0.1, -0.05) is 60.1 Å². The van der Waals surface area contributed by atoms with Crippen LogP contribution in [0.15, 0.2) is 30.3 Å². The van der Waals surface area contributed by atoms with E-state index in [-0.39, 0.29) is 0 Å². The van der Waals surface area contributed by atoms with Crippen molar-refractivity contribution in [2.24, 2.45) is 0 Å². The quantitative estimate of drug-likeness (QED) is 0.686. The number of nitrogens with zero attached hydrogens (tertiary/aromatic N) is 1. The number of alkyl halides is 1. The molecule has 0 aromatic heterocycles. The van der Waals surface area contributed by atoms with Crippen molar-refractivity contribution in [3.63, 3.8) is 0 Å². The summed E-state index contributed by atoms with van der Waals surface area (Å²) >= 11 is 3.63. The van der Waals surface area contributed by atoms with Crippen LogP contribution in [-0.4, -0.2) is 29.9 Å². The second kappa shape index (κ2) is 7.86. The Bertz CT molecular complexity index is 273. The molecule has 2 heteroatoms. The smallest absolute Gasteiger partial charge is 0.0112 e. The summed E-state index contributed by atoms with van der Waals surface area (Å²) in [6.45, 7) is 7.98. The Morgan fingerprint density at radius 2 is 1.88 bits per heavy atom. The topological polar surface area (TPSA) is 3.24 Å². The van der Waals surface area contributed by atoms with E-state index in [0.29, 0.717) is 5.92 Å². The van der Waals surface area contributed by atoms with E-state index in [1.165, 1.54) is 18.5 Å². The van der Waals surface area contributed by atoms with E-state index < -0.39 is 0 Å². The van der Waals surface area contributed by atoms with Crippen LogP contribution in [0.5, 0.6) is 0 Å². The fourth-order valence-electron chi connectivity index (χ4n) is 1.97. The zero-order chi connectivity index (χ0) is 11.8. The fourth-order valence-corrected chi connectivity index (χ4v) is 2.55. The van der Waals surface area contributed by atoms with Crippen LogP contribution in [0, 0.1) is 0 Å². The molecule has 1 atom stereocenters. The van der Waals surface area contributed by atoms with E-state index in [1.807, 2.05) is 0 Å². The molecule has 0 saturated carbocycles. The predicted molar refractivity (Wildman–Crippen MR) is 75.4 cm³/mol. The molecule has 0 aliphatic heterocycles. The molecule has 0 N–H and O–H groups in total. The standard InChI is InChI=1S/C14H22BrN/c1-3-10-16(4-2)12-14(11-15)13-8-6-5-7-9-13/h5-9,14H,3-4,10-12H2,1-2H3. The zero-order valence-corrected chi connectivity index (χ0v) is 11.9. The van der Waals surface area contributed by atoms with Gasteiger partial charge >= 0.3 is 0 Å². The summed E-state index contributed by atoms with van der Waals surface area (Å²) in [6.07, 6.45) is 1.23. The fraction of sp³-hybridized carbons (Fsp3) is 0.571. The van der Waals surface area contributed by atoms with Crippen molar-refractivity contribution in [3.05, 3.63) is 35.9 Å². The Morgan fingerprint density at radius 3 is 2.38 bits per heavy atom. The summed E-state index contributed by atoms with van der Waals surface area (Å²) in [4.78, 5) is 2.53. The third-order valence-electron chi connectivity index (χ3n) is 2.92. The average molecular weight is 284 g/mol. The van der Waals surface area contributed by atoms with E-state index in [1.54, 1.807) is 0 Å². The first kappa shape index (κ1) is 13.7. The third-order valence-corrected chi connectivity index (χ3v) is 3.70. The molecule has 0 amide bonds. The molecule has 0 heterocycles. The predicted octanol–water partition coefficient (Wildman–Crippen LogP) is 3.90. The Balaban J connectivity index is 2.61. The molecule has 0 aliphatic carbocycles. The van der Waals surface area contributed by atoms with Crippen LogP contribution in [0.1, 0.15) is 31.7 Å². The lowest BCUT2D eigenvalue weighted by molar-refractivity contribution is 0.276. The van der Waals surface area contributed by atoms with Gasteiger partial charge < -0.3 is 4.90 Å². The van der Waals surface area contributed by atoms with Crippen LogP contribution in [0.25, 0.3) is 0 Å². The molecule has 0 bridgehead atoms. The van der Waals surface area contributed by atoms with Crippen molar-refractivity contribution in [1.29, 1.82) is 0 Å². The molecule has 1 unspecified atom stereocenters. The van der Waals surface area contributed by atoms with E-state index >= 15 is 0 Å². The molecular formula is C14H22BrN. The summed E-state index contributed by atoms with van der Waals surface area (Å²) in [5.74, 6) is 0.604. The highest BCUT2D eigenvalue weighted by atomic mass is 79.9. The lowest BCUT2D eigenvalue weighted by Crippen LogP contribution is -2.29. The lowest BCUT2D eigenvalue weighted by atomic mass is 10.0. The second-order valence-electron chi connectivity index (χ2n) is 4.16.